The summed E-state index contributed by atoms with van der Waals surface area (Å²) in [6, 6.07) is 6.93. The van der Waals surface area contributed by atoms with Gasteiger partial charge in [0.1, 0.15) is 5.75 Å². The maximum absolute atomic E-state index is 5.35. The largest absolute Gasteiger partial charge is 0.496 e. The minimum absolute atomic E-state index is 0.809. The van der Waals surface area contributed by atoms with Crippen LogP contribution in [0.4, 0.5) is 0 Å². The molecule has 0 atom stereocenters. The molecule has 0 aliphatic heterocycles. The molecule has 0 bridgehead atoms. The second kappa shape index (κ2) is 6.95. The summed E-state index contributed by atoms with van der Waals surface area (Å²) in [5.74, 6) is 0.957. The number of ether oxygens (including phenoxy) is 1. The summed E-state index contributed by atoms with van der Waals surface area (Å²) in [5.41, 5.74) is 1.22. The fourth-order valence-electron chi connectivity index (χ4n) is 1.89. The van der Waals surface area contributed by atoms with Crippen LogP contribution in [0.15, 0.2) is 34.8 Å². The van der Waals surface area contributed by atoms with Crippen molar-refractivity contribution in [2.45, 2.75) is 31.7 Å². The molecular formula is C15H20BrNO. The van der Waals surface area contributed by atoms with E-state index in [9.17, 15) is 0 Å². The smallest absolute Gasteiger partial charge is 0.122 e. The summed E-state index contributed by atoms with van der Waals surface area (Å²) in [6.45, 7) is 1.09. The van der Waals surface area contributed by atoms with E-state index in [1.54, 1.807) is 7.11 Å². The molecule has 18 heavy (non-hydrogen) atoms. The van der Waals surface area contributed by atoms with Gasteiger partial charge in [-0.05, 0) is 56.0 Å². The van der Waals surface area contributed by atoms with Crippen molar-refractivity contribution in [3.8, 4) is 5.75 Å². The molecule has 1 aromatic rings. The van der Waals surface area contributed by atoms with Crippen LogP contribution in [0.25, 0.3) is 0 Å². The van der Waals surface area contributed by atoms with Crippen LogP contribution in [0.5, 0.6) is 5.75 Å². The molecule has 1 fully saturated rings. The molecule has 1 saturated carbocycles. The van der Waals surface area contributed by atoms with E-state index < -0.39 is 0 Å². The Morgan fingerprint density at radius 1 is 1.39 bits per heavy atom. The fourth-order valence-corrected chi connectivity index (χ4v) is 2.30. The number of allylic oxidation sites excluding steroid dienone is 1. The number of hydrogen-bond donors (Lipinski definition) is 1. The van der Waals surface area contributed by atoms with E-state index in [1.165, 1.54) is 18.4 Å². The molecule has 2 rings (SSSR count). The lowest BCUT2D eigenvalue weighted by Crippen LogP contribution is -2.16. The topological polar surface area (TPSA) is 21.3 Å². The second-order valence-electron chi connectivity index (χ2n) is 4.65. The average molecular weight is 310 g/mol. The Balaban J connectivity index is 1.76. The molecule has 0 radical (unpaired) electrons. The van der Waals surface area contributed by atoms with Crippen LogP contribution in [0, 0.1) is 0 Å². The molecular weight excluding hydrogens is 290 g/mol. The van der Waals surface area contributed by atoms with Gasteiger partial charge in [0.25, 0.3) is 0 Å². The van der Waals surface area contributed by atoms with E-state index in [4.69, 9.17) is 4.74 Å². The Bertz CT molecular complexity index is 413. The zero-order valence-corrected chi connectivity index (χ0v) is 12.4. The first kappa shape index (κ1) is 13.6. The summed E-state index contributed by atoms with van der Waals surface area (Å²) in [4.78, 5) is 0. The van der Waals surface area contributed by atoms with Gasteiger partial charge in [-0.15, -0.1) is 0 Å². The van der Waals surface area contributed by atoms with Crippen LogP contribution < -0.4 is 10.1 Å². The van der Waals surface area contributed by atoms with Gasteiger partial charge in [-0.3, -0.25) is 0 Å². The average Bonchev–Trinajstić information content (AvgIpc) is 3.18. The molecule has 2 nitrogen and oxygen atoms in total. The van der Waals surface area contributed by atoms with E-state index in [0.29, 0.717) is 0 Å². The van der Waals surface area contributed by atoms with E-state index >= 15 is 0 Å². The van der Waals surface area contributed by atoms with E-state index in [1.807, 2.05) is 12.1 Å². The Labute approximate surface area is 118 Å². The molecule has 1 aliphatic carbocycles. The highest BCUT2D eigenvalue weighted by Gasteiger charge is 2.19. The summed E-state index contributed by atoms with van der Waals surface area (Å²) in [5, 5.41) is 3.50. The summed E-state index contributed by atoms with van der Waals surface area (Å²) >= 11 is 3.49. The van der Waals surface area contributed by atoms with Gasteiger partial charge in [-0.1, -0.05) is 28.1 Å². The van der Waals surface area contributed by atoms with E-state index in [-0.39, 0.29) is 0 Å². The lowest BCUT2D eigenvalue weighted by Gasteiger charge is -2.06. The minimum Gasteiger partial charge on any atom is -0.496 e. The van der Waals surface area contributed by atoms with E-state index in [2.05, 4.69) is 39.5 Å². The number of methoxy groups -OCH3 is 1. The van der Waals surface area contributed by atoms with Crippen molar-refractivity contribution in [1.82, 2.24) is 5.32 Å². The van der Waals surface area contributed by atoms with Crippen LogP contribution in [-0.2, 0) is 6.42 Å². The number of rotatable bonds is 7. The normalized spacial score (nSPS) is 15.2. The van der Waals surface area contributed by atoms with Gasteiger partial charge < -0.3 is 10.1 Å². The maximum Gasteiger partial charge on any atom is 0.122 e. The first-order chi connectivity index (χ1) is 8.79. The van der Waals surface area contributed by atoms with Crippen molar-refractivity contribution in [3.05, 3.63) is 40.4 Å². The zero-order chi connectivity index (χ0) is 12.8. The molecule has 0 aromatic heterocycles. The number of nitrogens with one attached hydrogen (secondary N) is 1. The van der Waals surface area contributed by atoms with E-state index in [0.717, 1.165) is 35.7 Å². The second-order valence-corrected chi connectivity index (χ2v) is 5.56. The molecule has 0 amide bonds. The third-order valence-corrected chi connectivity index (χ3v) is 3.56. The fraction of sp³-hybridized carbons (Fsp3) is 0.467. The molecule has 3 heteroatoms. The van der Waals surface area contributed by atoms with Crippen molar-refractivity contribution in [2.75, 3.05) is 13.7 Å². The van der Waals surface area contributed by atoms with Gasteiger partial charge in [-0.2, -0.15) is 0 Å². The third kappa shape index (κ3) is 4.46. The molecule has 1 aliphatic rings. The van der Waals surface area contributed by atoms with Crippen molar-refractivity contribution >= 4 is 15.9 Å². The Kier molecular flexibility index (Phi) is 5.26. The van der Waals surface area contributed by atoms with Crippen LogP contribution in [-0.4, -0.2) is 19.7 Å². The number of benzene rings is 1. The standard InChI is InChI=1S/C15H20BrNO/c1-18-15-9-6-13(16)11-12(15)5-3-2-4-10-17-14-7-8-14/h2-3,6,9,11,14,17H,4-5,7-8,10H2,1H3. The maximum atomic E-state index is 5.35. The van der Waals surface area contributed by atoms with Gasteiger partial charge in [0.15, 0.2) is 0 Å². The SMILES string of the molecule is COc1ccc(Br)cc1CC=CCCNC1CC1. The zero-order valence-electron chi connectivity index (χ0n) is 10.8. The lowest BCUT2D eigenvalue weighted by atomic mass is 10.1. The van der Waals surface area contributed by atoms with Crippen molar-refractivity contribution in [1.29, 1.82) is 0 Å². The summed E-state index contributed by atoms with van der Waals surface area (Å²) in [6.07, 6.45) is 9.21. The molecule has 98 valence electrons. The molecule has 0 saturated heterocycles. The Morgan fingerprint density at radius 2 is 2.22 bits per heavy atom. The molecule has 1 N–H and O–H groups in total. The number of halogens is 1. The van der Waals surface area contributed by atoms with Gasteiger partial charge in [-0.25, -0.2) is 0 Å². The van der Waals surface area contributed by atoms with Gasteiger partial charge in [0.05, 0.1) is 7.11 Å². The van der Waals surface area contributed by atoms with Crippen molar-refractivity contribution in [2.24, 2.45) is 0 Å². The van der Waals surface area contributed by atoms with Crippen LogP contribution in [0.1, 0.15) is 24.8 Å². The van der Waals surface area contributed by atoms with Gasteiger partial charge >= 0.3 is 0 Å². The molecule has 0 unspecified atom stereocenters. The summed E-state index contributed by atoms with van der Waals surface area (Å²) < 4.78 is 6.45. The first-order valence-electron chi connectivity index (χ1n) is 6.50. The van der Waals surface area contributed by atoms with Crippen molar-refractivity contribution < 1.29 is 4.74 Å². The quantitative estimate of drug-likeness (QED) is 0.612. The number of hydrogen-bond acceptors (Lipinski definition) is 2. The Morgan fingerprint density at radius 3 is 2.94 bits per heavy atom. The Hall–Kier alpha value is -0.800. The minimum atomic E-state index is 0.809. The van der Waals surface area contributed by atoms with Gasteiger partial charge in [0, 0.05) is 10.5 Å². The predicted octanol–water partition coefficient (Wildman–Crippen LogP) is 3.70. The van der Waals surface area contributed by atoms with Crippen LogP contribution >= 0.6 is 15.9 Å². The highest BCUT2D eigenvalue weighted by molar-refractivity contribution is 9.10. The summed E-state index contributed by atoms with van der Waals surface area (Å²) in [7, 11) is 1.72. The van der Waals surface area contributed by atoms with Crippen LogP contribution in [0.2, 0.25) is 0 Å². The lowest BCUT2D eigenvalue weighted by molar-refractivity contribution is 0.410. The first-order valence-corrected chi connectivity index (χ1v) is 7.29. The molecule has 1 aromatic carbocycles. The van der Waals surface area contributed by atoms with Gasteiger partial charge in [0.2, 0.25) is 0 Å². The molecule has 0 spiro atoms. The third-order valence-electron chi connectivity index (χ3n) is 3.07. The van der Waals surface area contributed by atoms with Crippen LogP contribution in [0.3, 0.4) is 0 Å². The predicted molar refractivity (Wildman–Crippen MR) is 79.2 cm³/mol. The van der Waals surface area contributed by atoms with Crippen molar-refractivity contribution in [3.63, 3.8) is 0 Å². The highest BCUT2D eigenvalue weighted by Crippen LogP contribution is 2.23. The highest BCUT2D eigenvalue weighted by atomic mass is 79.9. The monoisotopic (exact) mass is 309 g/mol. The molecule has 0 heterocycles.